The number of carbonyl (C=O) groups is 1. The number of hydrogen-bond acceptors (Lipinski definition) is 3. The first-order valence-corrected chi connectivity index (χ1v) is 5.36. The van der Waals surface area contributed by atoms with Crippen molar-refractivity contribution in [3.63, 3.8) is 0 Å². The lowest BCUT2D eigenvalue weighted by Crippen LogP contribution is -2.03. The highest BCUT2D eigenvalue weighted by Gasteiger charge is 2.11. The van der Waals surface area contributed by atoms with Crippen molar-refractivity contribution < 1.29 is 9.90 Å². The van der Waals surface area contributed by atoms with Crippen LogP contribution in [0.5, 0.6) is 0 Å². The summed E-state index contributed by atoms with van der Waals surface area (Å²) in [5, 5.41) is 13.0. The standard InChI is InChI=1S/C13H14N2O2/c1-7-4-8(2)12-9(14-3)6-11(13(16)17)15-10(12)5-7/h4-6H,1-3H3,(H,14,15)(H,16,17). The van der Waals surface area contributed by atoms with Gasteiger partial charge in [0.05, 0.1) is 5.52 Å². The molecule has 4 heteroatoms. The summed E-state index contributed by atoms with van der Waals surface area (Å²) >= 11 is 0. The number of pyridine rings is 1. The van der Waals surface area contributed by atoms with E-state index in [4.69, 9.17) is 5.11 Å². The first-order valence-electron chi connectivity index (χ1n) is 5.36. The van der Waals surface area contributed by atoms with E-state index in [1.165, 1.54) is 0 Å². The number of rotatable bonds is 2. The van der Waals surface area contributed by atoms with Gasteiger partial charge in [-0.1, -0.05) is 6.07 Å². The summed E-state index contributed by atoms with van der Waals surface area (Å²) < 4.78 is 0. The predicted octanol–water partition coefficient (Wildman–Crippen LogP) is 2.59. The minimum atomic E-state index is -1.01. The van der Waals surface area contributed by atoms with Crippen molar-refractivity contribution in [2.45, 2.75) is 13.8 Å². The molecule has 0 fully saturated rings. The van der Waals surface area contributed by atoms with Gasteiger partial charge in [0.15, 0.2) is 5.69 Å². The van der Waals surface area contributed by atoms with Crippen molar-refractivity contribution >= 4 is 22.6 Å². The first-order chi connectivity index (χ1) is 8.02. The van der Waals surface area contributed by atoms with Gasteiger partial charge < -0.3 is 10.4 Å². The highest BCUT2D eigenvalue weighted by molar-refractivity contribution is 5.99. The molecule has 88 valence electrons. The molecule has 2 N–H and O–H groups in total. The van der Waals surface area contributed by atoms with Crippen molar-refractivity contribution in [1.29, 1.82) is 0 Å². The molecule has 1 aromatic heterocycles. The Morgan fingerprint density at radius 2 is 2.00 bits per heavy atom. The number of aromatic carboxylic acids is 1. The lowest BCUT2D eigenvalue weighted by Gasteiger charge is -2.10. The Morgan fingerprint density at radius 3 is 2.59 bits per heavy atom. The zero-order valence-corrected chi connectivity index (χ0v) is 10.0. The molecule has 0 spiro atoms. The maximum atomic E-state index is 11.0. The molecule has 0 aliphatic rings. The fourth-order valence-corrected chi connectivity index (χ4v) is 2.06. The van der Waals surface area contributed by atoms with Gasteiger partial charge in [-0.2, -0.15) is 0 Å². The highest BCUT2D eigenvalue weighted by atomic mass is 16.4. The molecule has 4 nitrogen and oxygen atoms in total. The van der Waals surface area contributed by atoms with Crippen LogP contribution in [0.15, 0.2) is 18.2 Å². The van der Waals surface area contributed by atoms with Crippen molar-refractivity contribution in [3.8, 4) is 0 Å². The van der Waals surface area contributed by atoms with E-state index in [9.17, 15) is 4.79 Å². The van der Waals surface area contributed by atoms with E-state index >= 15 is 0 Å². The van der Waals surface area contributed by atoms with E-state index in [1.807, 2.05) is 19.9 Å². The Hall–Kier alpha value is -2.10. The second kappa shape index (κ2) is 4.05. The maximum Gasteiger partial charge on any atom is 0.354 e. The fraction of sp³-hybridized carbons (Fsp3) is 0.231. The molecule has 0 bridgehead atoms. The molecular formula is C13H14N2O2. The smallest absolute Gasteiger partial charge is 0.354 e. The van der Waals surface area contributed by atoms with Gasteiger partial charge in [-0.05, 0) is 37.1 Å². The van der Waals surface area contributed by atoms with Crippen LogP contribution in [-0.2, 0) is 0 Å². The molecule has 0 aliphatic carbocycles. The van der Waals surface area contributed by atoms with Gasteiger partial charge in [0.25, 0.3) is 0 Å². The van der Waals surface area contributed by atoms with Gasteiger partial charge in [0.2, 0.25) is 0 Å². The van der Waals surface area contributed by atoms with Crippen molar-refractivity contribution in [2.24, 2.45) is 0 Å². The van der Waals surface area contributed by atoms with E-state index < -0.39 is 5.97 Å². The number of aromatic nitrogens is 1. The molecule has 0 amide bonds. The quantitative estimate of drug-likeness (QED) is 0.832. The molecule has 1 aromatic carbocycles. The molecule has 17 heavy (non-hydrogen) atoms. The van der Waals surface area contributed by atoms with Crippen LogP contribution in [0.25, 0.3) is 10.9 Å². The average molecular weight is 230 g/mol. The number of aryl methyl sites for hydroxylation is 2. The van der Waals surface area contributed by atoms with Gasteiger partial charge >= 0.3 is 5.97 Å². The normalized spacial score (nSPS) is 10.5. The van der Waals surface area contributed by atoms with E-state index in [2.05, 4.69) is 16.4 Å². The molecule has 2 rings (SSSR count). The van der Waals surface area contributed by atoms with Crippen LogP contribution in [0.2, 0.25) is 0 Å². The SMILES string of the molecule is CNc1cc(C(=O)O)nc2cc(C)cc(C)c12. The summed E-state index contributed by atoms with van der Waals surface area (Å²) in [6.07, 6.45) is 0. The number of hydrogen-bond donors (Lipinski definition) is 2. The second-order valence-electron chi connectivity index (χ2n) is 4.09. The Morgan fingerprint density at radius 1 is 1.29 bits per heavy atom. The summed E-state index contributed by atoms with van der Waals surface area (Å²) in [7, 11) is 1.78. The number of anilines is 1. The molecule has 0 radical (unpaired) electrons. The topological polar surface area (TPSA) is 62.2 Å². The van der Waals surface area contributed by atoms with Crippen molar-refractivity contribution in [1.82, 2.24) is 4.98 Å². The summed E-state index contributed by atoms with van der Waals surface area (Å²) in [5.41, 5.74) is 3.74. The lowest BCUT2D eigenvalue weighted by molar-refractivity contribution is 0.0691. The van der Waals surface area contributed by atoms with Gasteiger partial charge in [0, 0.05) is 18.1 Å². The summed E-state index contributed by atoms with van der Waals surface area (Å²) in [4.78, 5) is 15.2. The minimum absolute atomic E-state index is 0.0619. The van der Waals surface area contributed by atoms with Crippen LogP contribution >= 0.6 is 0 Å². The highest BCUT2D eigenvalue weighted by Crippen LogP contribution is 2.27. The Bertz CT molecular complexity index is 606. The summed E-state index contributed by atoms with van der Waals surface area (Å²) in [6, 6.07) is 5.52. The van der Waals surface area contributed by atoms with Crippen LogP contribution in [0.1, 0.15) is 21.6 Å². The maximum absolute atomic E-state index is 11.0. The molecule has 1 heterocycles. The predicted molar refractivity (Wildman–Crippen MR) is 67.7 cm³/mol. The van der Waals surface area contributed by atoms with Gasteiger partial charge in [-0.3, -0.25) is 0 Å². The fourth-order valence-electron chi connectivity index (χ4n) is 2.06. The van der Waals surface area contributed by atoms with Gasteiger partial charge in [0.1, 0.15) is 0 Å². The monoisotopic (exact) mass is 230 g/mol. The molecule has 2 aromatic rings. The van der Waals surface area contributed by atoms with Crippen LogP contribution in [-0.4, -0.2) is 23.1 Å². The number of carboxylic acid groups (broad SMARTS) is 1. The number of nitrogens with zero attached hydrogens (tertiary/aromatic N) is 1. The van der Waals surface area contributed by atoms with Gasteiger partial charge in [-0.25, -0.2) is 9.78 Å². The zero-order valence-electron chi connectivity index (χ0n) is 10.0. The zero-order chi connectivity index (χ0) is 12.6. The molecular weight excluding hydrogens is 216 g/mol. The van der Waals surface area contributed by atoms with Crippen LogP contribution in [0, 0.1) is 13.8 Å². The summed E-state index contributed by atoms with van der Waals surface area (Å²) in [5.74, 6) is -1.01. The van der Waals surface area contributed by atoms with Crippen molar-refractivity contribution in [3.05, 3.63) is 35.0 Å². The van der Waals surface area contributed by atoms with E-state index in [1.54, 1.807) is 13.1 Å². The largest absolute Gasteiger partial charge is 0.477 e. The first kappa shape index (κ1) is 11.4. The third-order valence-electron chi connectivity index (χ3n) is 2.74. The van der Waals surface area contributed by atoms with Gasteiger partial charge in [-0.15, -0.1) is 0 Å². The molecule has 0 saturated carbocycles. The van der Waals surface area contributed by atoms with Crippen LogP contribution < -0.4 is 5.32 Å². The van der Waals surface area contributed by atoms with E-state index in [-0.39, 0.29) is 5.69 Å². The Balaban J connectivity index is 2.87. The molecule has 0 saturated heterocycles. The number of nitrogens with one attached hydrogen (secondary N) is 1. The third kappa shape index (κ3) is 1.93. The van der Waals surface area contributed by atoms with Crippen molar-refractivity contribution in [2.75, 3.05) is 12.4 Å². The van der Waals surface area contributed by atoms with Crippen LogP contribution in [0.4, 0.5) is 5.69 Å². The number of carboxylic acids is 1. The Labute approximate surface area is 99.3 Å². The molecule has 0 atom stereocenters. The molecule has 0 unspecified atom stereocenters. The van der Waals surface area contributed by atoms with Crippen LogP contribution in [0.3, 0.4) is 0 Å². The third-order valence-corrected chi connectivity index (χ3v) is 2.74. The second-order valence-corrected chi connectivity index (χ2v) is 4.09. The Kier molecular flexibility index (Phi) is 2.71. The minimum Gasteiger partial charge on any atom is -0.477 e. The van der Waals surface area contributed by atoms with E-state index in [0.717, 1.165) is 22.2 Å². The summed E-state index contributed by atoms with van der Waals surface area (Å²) in [6.45, 7) is 3.97. The number of benzene rings is 1. The average Bonchev–Trinajstić information content (AvgIpc) is 2.26. The molecule has 0 aliphatic heterocycles. The number of fused-ring (bicyclic) bond motifs is 1. The lowest BCUT2D eigenvalue weighted by atomic mass is 10.0. The van der Waals surface area contributed by atoms with E-state index in [0.29, 0.717) is 5.52 Å².